The monoisotopic (exact) mass is 593 g/mol. The second kappa shape index (κ2) is 10.0. The minimum Gasteiger partial charge on any atom is -0.375 e. The molecule has 5 saturated carbocycles. The van der Waals surface area contributed by atoms with Gasteiger partial charge in [0.1, 0.15) is 0 Å². The van der Waals surface area contributed by atoms with Gasteiger partial charge in [-0.3, -0.25) is 0 Å². The summed E-state index contributed by atoms with van der Waals surface area (Å²) in [4.78, 5) is 12.0. The molecule has 236 valence electrons. The third-order valence-electron chi connectivity index (χ3n) is 16.4. The van der Waals surface area contributed by atoms with Crippen LogP contribution in [-0.4, -0.2) is 64.9 Å². The van der Waals surface area contributed by atoms with Crippen LogP contribution in [0.5, 0.6) is 0 Å². The van der Waals surface area contributed by atoms with Crippen LogP contribution in [-0.2, 0) is 4.74 Å². The van der Waals surface area contributed by atoms with E-state index in [0.717, 1.165) is 41.4 Å². The Morgan fingerprint density at radius 2 is 1.50 bits per heavy atom. The van der Waals surface area contributed by atoms with Crippen LogP contribution in [0.2, 0.25) is 11.6 Å². The van der Waals surface area contributed by atoms with Crippen LogP contribution in [0, 0.1) is 47.3 Å². The second-order valence-corrected chi connectivity index (χ2v) is 17.7. The molecule has 4 heterocycles. The van der Waals surface area contributed by atoms with Crippen molar-refractivity contribution in [3.8, 4) is 0 Å². The fourth-order valence-corrected chi connectivity index (χ4v) is 14.5. The first-order chi connectivity index (χ1) is 21.5. The summed E-state index contributed by atoms with van der Waals surface area (Å²) in [5, 5.41) is 0. The normalized spacial score (nSPS) is 53.5. The highest BCUT2D eigenvalue weighted by Gasteiger charge is 2.70. The van der Waals surface area contributed by atoms with Crippen LogP contribution in [0.3, 0.4) is 0 Å². The maximum atomic E-state index is 7.40. The predicted molar refractivity (Wildman–Crippen MR) is 179 cm³/mol. The maximum absolute atomic E-state index is 7.40. The molecule has 5 heteroatoms. The zero-order chi connectivity index (χ0) is 29.4. The van der Waals surface area contributed by atoms with Gasteiger partial charge in [0.25, 0.3) is 0 Å². The van der Waals surface area contributed by atoms with Crippen LogP contribution >= 0.6 is 0 Å². The van der Waals surface area contributed by atoms with Crippen LogP contribution in [0.25, 0.3) is 0 Å². The van der Waals surface area contributed by atoms with E-state index < -0.39 is 0 Å². The molecular weight excluding hydrogens is 537 g/mol. The fourth-order valence-electron chi connectivity index (χ4n) is 14.5. The van der Waals surface area contributed by atoms with Gasteiger partial charge in [0.05, 0.1) is 24.3 Å². The summed E-state index contributed by atoms with van der Waals surface area (Å²) in [7, 11) is 0. The number of hydrogen-bond donors (Lipinski definition) is 0. The Bertz CT molecular complexity index is 1300. The molecular formula is C39H56BN3O. The SMILES string of the molecule is CC1CC2C3C(C1C)C(C)C(C)C1B(c4ccccc4)C4C5OC6CCCCC6C5CCC4N(C4=NC5CCCCC5N42)C13. The number of rotatable bonds is 1. The fraction of sp³-hybridized carbons (Fsp3) is 0.821. The summed E-state index contributed by atoms with van der Waals surface area (Å²) in [6, 6.07) is 15.1. The third kappa shape index (κ3) is 3.55. The molecule has 17 unspecified atom stereocenters. The number of aliphatic imine (C=N–C) groups is 1. The minimum atomic E-state index is 0.425. The summed E-state index contributed by atoms with van der Waals surface area (Å²) < 4.78 is 7.40. The zero-order valence-electron chi connectivity index (χ0n) is 27.8. The molecule has 4 aliphatic heterocycles. The van der Waals surface area contributed by atoms with Crippen molar-refractivity contribution in [1.82, 2.24) is 9.80 Å². The quantitative estimate of drug-likeness (QED) is 0.325. The third-order valence-corrected chi connectivity index (χ3v) is 16.4. The van der Waals surface area contributed by atoms with E-state index in [1.165, 1.54) is 76.6 Å². The molecule has 3 saturated heterocycles. The Labute approximate surface area is 267 Å². The van der Waals surface area contributed by atoms with Crippen LogP contribution in [0.15, 0.2) is 35.3 Å². The van der Waals surface area contributed by atoms with Gasteiger partial charge < -0.3 is 14.5 Å². The Balaban J connectivity index is 1.17. The Morgan fingerprint density at radius 1 is 0.705 bits per heavy atom. The van der Waals surface area contributed by atoms with E-state index in [4.69, 9.17) is 9.73 Å². The smallest absolute Gasteiger partial charge is 0.198 e. The van der Waals surface area contributed by atoms with E-state index in [1.807, 2.05) is 0 Å². The summed E-state index contributed by atoms with van der Waals surface area (Å²) in [5.41, 5.74) is 1.63. The number of guanidine groups is 1. The predicted octanol–water partition coefficient (Wildman–Crippen LogP) is 7.11. The van der Waals surface area contributed by atoms with E-state index in [1.54, 1.807) is 5.46 Å². The Morgan fingerprint density at radius 3 is 2.36 bits per heavy atom. The molecule has 9 aliphatic rings. The Hall–Kier alpha value is -1.49. The minimum absolute atomic E-state index is 0.425. The summed E-state index contributed by atoms with van der Waals surface area (Å²) >= 11 is 0. The maximum Gasteiger partial charge on any atom is 0.198 e. The molecule has 0 bridgehead atoms. The largest absolute Gasteiger partial charge is 0.375 e. The first-order valence-corrected chi connectivity index (χ1v) is 19.4. The van der Waals surface area contributed by atoms with Crippen LogP contribution < -0.4 is 5.46 Å². The van der Waals surface area contributed by atoms with Gasteiger partial charge in [0.15, 0.2) is 12.7 Å². The Kier molecular flexibility index (Phi) is 6.28. The van der Waals surface area contributed by atoms with Gasteiger partial charge in [-0.15, -0.1) is 0 Å². The number of fused-ring (bicyclic) bond motifs is 11. The van der Waals surface area contributed by atoms with Gasteiger partial charge in [-0.25, -0.2) is 4.99 Å². The van der Waals surface area contributed by atoms with Gasteiger partial charge in [0, 0.05) is 24.0 Å². The van der Waals surface area contributed by atoms with Crippen molar-refractivity contribution in [3.63, 3.8) is 0 Å². The lowest BCUT2D eigenvalue weighted by molar-refractivity contribution is -0.126. The molecule has 1 aromatic rings. The van der Waals surface area contributed by atoms with Crippen molar-refractivity contribution in [1.29, 1.82) is 0 Å². The van der Waals surface area contributed by atoms with Crippen molar-refractivity contribution in [2.45, 2.75) is 152 Å². The molecule has 8 fully saturated rings. The molecule has 0 amide bonds. The lowest BCUT2D eigenvalue weighted by Gasteiger charge is -2.71. The van der Waals surface area contributed by atoms with E-state index >= 15 is 0 Å². The highest BCUT2D eigenvalue weighted by atomic mass is 16.5. The summed E-state index contributed by atoms with van der Waals surface area (Å²) in [6.07, 6.45) is 16.0. The first-order valence-electron chi connectivity index (χ1n) is 19.4. The molecule has 0 aromatic heterocycles. The number of ether oxygens (including phenoxy) is 1. The van der Waals surface area contributed by atoms with E-state index in [-0.39, 0.29) is 0 Å². The highest BCUT2D eigenvalue weighted by molar-refractivity contribution is 6.76. The van der Waals surface area contributed by atoms with Gasteiger partial charge >= 0.3 is 0 Å². The standard InChI is InChI=1S/C39H56BN3O/c1-21-20-31-34-33(22(21)2)23(3)24(4)35-37(34)43(39-41-28-15-9-10-16-29(28)42(31)39)30-19-18-27-26-14-8-11-17-32(26)44-38(27)36(30)40(35)25-12-6-5-7-13-25/h5-7,12-13,21-24,26-38H,8-11,14-20H2,1-4H3. The number of hydrogen-bond acceptors (Lipinski definition) is 4. The van der Waals surface area contributed by atoms with Gasteiger partial charge in [0.2, 0.25) is 0 Å². The van der Waals surface area contributed by atoms with E-state index in [0.29, 0.717) is 66.7 Å². The van der Waals surface area contributed by atoms with Crippen molar-refractivity contribution in [3.05, 3.63) is 30.3 Å². The van der Waals surface area contributed by atoms with E-state index in [2.05, 4.69) is 67.8 Å². The van der Waals surface area contributed by atoms with Crippen molar-refractivity contribution in [2.24, 2.45) is 52.3 Å². The molecule has 4 nitrogen and oxygen atoms in total. The van der Waals surface area contributed by atoms with Crippen molar-refractivity contribution < 1.29 is 4.74 Å². The van der Waals surface area contributed by atoms with Crippen molar-refractivity contribution >= 4 is 18.1 Å². The molecule has 0 radical (unpaired) electrons. The number of benzene rings is 1. The zero-order valence-corrected chi connectivity index (χ0v) is 27.8. The molecule has 10 rings (SSSR count). The first kappa shape index (κ1) is 27.6. The molecule has 44 heavy (non-hydrogen) atoms. The van der Waals surface area contributed by atoms with Crippen LogP contribution in [0.4, 0.5) is 0 Å². The number of nitrogens with zero attached hydrogens (tertiary/aromatic N) is 3. The molecule has 5 aliphatic carbocycles. The molecule has 0 spiro atoms. The van der Waals surface area contributed by atoms with Crippen molar-refractivity contribution in [2.75, 3.05) is 0 Å². The summed E-state index contributed by atoms with van der Waals surface area (Å²) in [5.74, 6) is 9.00. The average molecular weight is 594 g/mol. The average Bonchev–Trinajstić information content (AvgIpc) is 3.63. The molecule has 1 aromatic carbocycles. The van der Waals surface area contributed by atoms with Gasteiger partial charge in [-0.05, 0) is 98.0 Å². The van der Waals surface area contributed by atoms with Gasteiger partial charge in [-0.2, -0.15) is 0 Å². The molecule has 0 N–H and O–H groups in total. The topological polar surface area (TPSA) is 28.1 Å². The second-order valence-electron chi connectivity index (χ2n) is 17.7. The van der Waals surface area contributed by atoms with Crippen LogP contribution in [0.1, 0.15) is 98.3 Å². The molecule has 17 atom stereocenters. The van der Waals surface area contributed by atoms with Gasteiger partial charge in [-0.1, -0.05) is 89.2 Å². The van der Waals surface area contributed by atoms with E-state index in [9.17, 15) is 0 Å². The lowest BCUT2D eigenvalue weighted by atomic mass is 9.21. The lowest BCUT2D eigenvalue weighted by Crippen LogP contribution is -2.79. The highest BCUT2D eigenvalue weighted by Crippen LogP contribution is 2.66. The summed E-state index contributed by atoms with van der Waals surface area (Å²) in [6.45, 7) is 11.2.